The van der Waals surface area contributed by atoms with Crippen molar-refractivity contribution in [2.45, 2.75) is 52.7 Å². The Balaban J connectivity index is 3.31. The third-order valence-electron chi connectivity index (χ3n) is 2.81. The van der Waals surface area contributed by atoms with Gasteiger partial charge in [-0.1, -0.05) is 4.67 Å². The van der Waals surface area contributed by atoms with E-state index in [1.54, 1.807) is 20.8 Å². The van der Waals surface area contributed by atoms with E-state index in [0.717, 1.165) is 0 Å². The molecule has 0 saturated heterocycles. The van der Waals surface area contributed by atoms with Crippen LogP contribution in [0.3, 0.4) is 0 Å². The zero-order chi connectivity index (χ0) is 51.6. The van der Waals surface area contributed by atoms with Crippen LogP contribution in [0.4, 0.5) is 0 Å². The SMILES string of the molecule is CC(C)(C)OOOOOOOOOOOOOOOOOOOOOOOOOP(=O)(O)O/C=C\OOOOOOOOOOOOOOOOOOOOOOOOCCOP(=O)(O)OC(C)(C)C. The molecule has 0 aliphatic carbocycles. The smallest absolute Gasteiger partial charge is 0.407 e. The second-order valence-corrected chi connectivity index (χ2v) is 12.3. The Hall–Kier alpha value is -2.28. The molecule has 0 aliphatic rings. The van der Waals surface area contributed by atoms with Crippen molar-refractivity contribution in [3.63, 3.8) is 0 Å². The number of rotatable bonds is 56. The van der Waals surface area contributed by atoms with Gasteiger partial charge in [-0.15, -0.1) is 0 Å². The van der Waals surface area contributed by atoms with Gasteiger partial charge in [-0.05, 0) is 162 Å². The molecule has 2 atom stereocenters. The minimum absolute atomic E-state index is 0.278. The van der Waals surface area contributed by atoms with Gasteiger partial charge in [0.1, 0.15) is 12.9 Å². The maximum atomic E-state index is 11.5. The molecule has 2 unspecified atom stereocenters. The molecule has 0 saturated carbocycles. The third-order valence-corrected chi connectivity index (χ3v) is 4.73. The summed E-state index contributed by atoms with van der Waals surface area (Å²) in [7, 11) is -9.42. The lowest BCUT2D eigenvalue weighted by atomic mass is 10.2. The number of hydrogen-bond acceptors (Lipinski definition) is 54. The van der Waals surface area contributed by atoms with Gasteiger partial charge in [-0.3, -0.25) is 13.9 Å². The van der Waals surface area contributed by atoms with Gasteiger partial charge in [-0.2, -0.15) is 4.89 Å². The number of phosphoric ester groups is 2. The molecule has 56 nitrogen and oxygen atoms in total. The maximum Gasteiger partial charge on any atom is 0.557 e. The first-order chi connectivity index (χ1) is 33.6. The second kappa shape index (κ2) is 47.7. The topological polar surface area (TPSA) is 555 Å². The summed E-state index contributed by atoms with van der Waals surface area (Å²) in [5, 5.41) is 162. The van der Waals surface area contributed by atoms with Gasteiger partial charge in [0, 0.05) is 106 Å². The molecule has 0 spiro atoms. The molecule has 70 heavy (non-hydrogen) atoms. The Morgan fingerprint density at radius 2 is 0.614 bits per heavy atom. The predicted molar refractivity (Wildman–Crippen MR) is 134 cm³/mol. The molecule has 0 fully saturated rings. The fraction of sp³-hybridized carbons (Fsp3) is 0.833. The second-order valence-electron chi connectivity index (χ2n) is 9.60. The molecule has 0 radical (unpaired) electrons. The van der Waals surface area contributed by atoms with Crippen LogP contribution in [-0.2, 0) is 269 Å². The fourth-order valence-electron chi connectivity index (χ4n) is 1.43. The lowest BCUT2D eigenvalue weighted by Crippen LogP contribution is -2.19. The van der Waals surface area contributed by atoms with E-state index in [1.165, 1.54) is 20.8 Å². The minimum Gasteiger partial charge on any atom is -0.407 e. The van der Waals surface area contributed by atoms with Crippen LogP contribution in [0.2, 0.25) is 0 Å². The summed E-state index contributed by atoms with van der Waals surface area (Å²) in [6.45, 7) is 8.51. The zero-order valence-electron chi connectivity index (χ0n) is 33.4. The largest absolute Gasteiger partial charge is 0.557 e. The van der Waals surface area contributed by atoms with Crippen LogP contribution < -0.4 is 0 Å². The third kappa shape index (κ3) is 58.3. The summed E-state index contributed by atoms with van der Waals surface area (Å²) in [4.78, 5) is 31.4. The summed E-state index contributed by atoms with van der Waals surface area (Å²) in [6.07, 6.45) is 0.627. The van der Waals surface area contributed by atoms with Crippen LogP contribution in [0.5, 0.6) is 0 Å². The first-order valence-electron chi connectivity index (χ1n) is 14.6. The van der Waals surface area contributed by atoms with Gasteiger partial charge in [0.15, 0.2) is 6.26 Å². The molecule has 0 rings (SSSR count). The Morgan fingerprint density at radius 1 is 0.329 bits per heavy atom. The van der Waals surface area contributed by atoms with E-state index < -0.39 is 40.1 Å². The van der Waals surface area contributed by atoms with Gasteiger partial charge in [0.05, 0.1) is 17.8 Å². The Labute approximate surface area is 373 Å². The number of phosphoric acid groups is 2. The monoisotopic (exact) mass is 1130 g/mol. The van der Waals surface area contributed by atoms with E-state index in [4.69, 9.17) is 4.52 Å². The van der Waals surface area contributed by atoms with Crippen molar-refractivity contribution in [1.29, 1.82) is 0 Å². The van der Waals surface area contributed by atoms with Crippen LogP contribution in [0.1, 0.15) is 41.5 Å². The highest BCUT2D eigenvalue weighted by atomic mass is 31.2. The van der Waals surface area contributed by atoms with Gasteiger partial charge >= 0.3 is 15.6 Å². The van der Waals surface area contributed by atoms with Crippen molar-refractivity contribution in [1.82, 2.24) is 0 Å². The lowest BCUT2D eigenvalue weighted by molar-refractivity contribution is -0.900. The van der Waals surface area contributed by atoms with E-state index in [-0.39, 0.29) is 6.26 Å². The highest BCUT2D eigenvalue weighted by molar-refractivity contribution is 7.47. The van der Waals surface area contributed by atoms with E-state index in [0.29, 0.717) is 6.26 Å². The van der Waals surface area contributed by atoms with Crippen molar-refractivity contribution in [2.24, 2.45) is 0 Å². The van der Waals surface area contributed by atoms with E-state index in [9.17, 15) is 18.9 Å². The quantitative estimate of drug-likeness (QED) is 0.0268. The molecule has 0 heterocycles. The highest BCUT2D eigenvalue weighted by Gasteiger charge is 2.28. The Morgan fingerprint density at radius 3 is 0.929 bits per heavy atom. The molecule has 2 N–H and O–H groups in total. The lowest BCUT2D eigenvalue weighted by Gasteiger charge is -2.22. The summed E-state index contributed by atoms with van der Waals surface area (Å²) in [5.74, 6) is 0. The summed E-state index contributed by atoms with van der Waals surface area (Å²) < 4.78 is 40.0. The maximum absolute atomic E-state index is 11.5. The average molecular weight is 1130 g/mol. The van der Waals surface area contributed by atoms with Crippen LogP contribution in [-0.4, -0.2) is 34.2 Å². The molecule has 0 aromatic rings. The zero-order valence-corrected chi connectivity index (χ0v) is 35.2. The molecule has 0 aliphatic heterocycles. The van der Waals surface area contributed by atoms with Gasteiger partial charge in [0.25, 0.3) is 0 Å². The number of hydrogen-bond donors (Lipinski definition) is 2. The molecule has 0 amide bonds. The molecular formula is C12H26O56P2. The molecule has 0 aromatic carbocycles. The van der Waals surface area contributed by atoms with E-state index in [2.05, 4.69) is 255 Å². The van der Waals surface area contributed by atoms with Crippen LogP contribution in [0.15, 0.2) is 12.5 Å². The van der Waals surface area contributed by atoms with Crippen molar-refractivity contribution in [3.05, 3.63) is 12.5 Å². The van der Waals surface area contributed by atoms with Crippen LogP contribution >= 0.6 is 15.6 Å². The Kier molecular flexibility index (Phi) is 46.2. The molecule has 58 heteroatoms. The van der Waals surface area contributed by atoms with Crippen molar-refractivity contribution < 1.29 is 279 Å². The molecular weight excluding hydrogens is 1100 g/mol. The summed E-state index contributed by atoms with van der Waals surface area (Å²) in [6, 6.07) is 0. The summed E-state index contributed by atoms with van der Waals surface area (Å²) in [5.41, 5.74) is -1.68. The normalized spacial score (nSPS) is 14.1. The first-order valence-corrected chi connectivity index (χ1v) is 17.6. The standard InChI is InChI=1S/C12H26O56P2/c1-11(2,3)21-25-28-31-34-37-40-43-46-49-52-55-56-57-58-59-60-61-62-63-64-65-66-67-68-70(15,16)20-10-8-18-24-27-30-33-36-39-42-45-48-51-54-53-50-47-44-41-38-35-32-29-26-23-17-7-9-19-69(13,14)22-12(4,5)6/h8,10H,7,9H2,1-6H3,(H,13,14)(H,15,16)/b10-8-. The van der Waals surface area contributed by atoms with Crippen molar-refractivity contribution in [3.8, 4) is 0 Å². The molecule has 0 bridgehead atoms. The first kappa shape index (κ1) is 67.7. The molecule has 0 aromatic heterocycles. The van der Waals surface area contributed by atoms with E-state index in [1.807, 2.05) is 0 Å². The average Bonchev–Trinajstić information content (AvgIpc) is 3.28. The fourth-order valence-corrected chi connectivity index (χ4v) is 2.82. The van der Waals surface area contributed by atoms with Crippen LogP contribution in [0, 0.1) is 0 Å². The van der Waals surface area contributed by atoms with Crippen molar-refractivity contribution >= 4 is 15.6 Å². The predicted octanol–water partition coefficient (Wildman–Crippen LogP) is 0.124. The highest BCUT2D eigenvalue weighted by Crippen LogP contribution is 2.47. The van der Waals surface area contributed by atoms with Crippen LogP contribution in [0.25, 0.3) is 0 Å². The van der Waals surface area contributed by atoms with Gasteiger partial charge in [-0.25, -0.2) is 14.0 Å². The summed E-state index contributed by atoms with van der Waals surface area (Å²) >= 11 is 0. The molecule has 420 valence electrons. The van der Waals surface area contributed by atoms with Gasteiger partial charge in [0.2, 0.25) is 0 Å². The Bertz CT molecular complexity index is 1210. The minimum atomic E-state index is -5.09. The van der Waals surface area contributed by atoms with Gasteiger partial charge < -0.3 is 14.3 Å². The van der Waals surface area contributed by atoms with Crippen molar-refractivity contribution in [2.75, 3.05) is 13.2 Å². The van der Waals surface area contributed by atoms with E-state index >= 15 is 0 Å².